The standard InChI is InChI=1S/C11H7BrN4O3/c12-8-4-15-9(5-14-8)16-10(17)7-2-1-6(3-13-7)11(18)19/h1-5H,(H,18,19)(H,15,16,17). The minimum absolute atomic E-state index is 0.0139. The largest absolute Gasteiger partial charge is 0.478 e. The second-order valence-electron chi connectivity index (χ2n) is 3.42. The lowest BCUT2D eigenvalue weighted by atomic mass is 10.2. The molecule has 0 aliphatic rings. The van der Waals surface area contributed by atoms with Crippen molar-refractivity contribution in [3.63, 3.8) is 0 Å². The fourth-order valence-corrected chi connectivity index (χ4v) is 1.42. The number of nitrogens with one attached hydrogen (secondary N) is 1. The first-order chi connectivity index (χ1) is 9.06. The van der Waals surface area contributed by atoms with E-state index in [0.717, 1.165) is 6.20 Å². The molecule has 0 fully saturated rings. The Morgan fingerprint density at radius 2 is 1.89 bits per heavy atom. The number of aromatic carboxylic acids is 1. The molecule has 0 bridgehead atoms. The van der Waals surface area contributed by atoms with Crippen molar-refractivity contribution >= 4 is 33.6 Å². The number of halogens is 1. The molecule has 2 N–H and O–H groups in total. The van der Waals surface area contributed by atoms with Gasteiger partial charge in [0.05, 0.1) is 18.0 Å². The zero-order valence-electron chi connectivity index (χ0n) is 9.37. The number of carbonyl (C=O) groups is 2. The summed E-state index contributed by atoms with van der Waals surface area (Å²) in [5.74, 6) is -1.32. The number of hydrogen-bond acceptors (Lipinski definition) is 5. The molecule has 2 aromatic heterocycles. The van der Waals surface area contributed by atoms with Gasteiger partial charge in [-0.1, -0.05) is 0 Å². The minimum atomic E-state index is -1.10. The van der Waals surface area contributed by atoms with Crippen molar-refractivity contribution in [2.45, 2.75) is 0 Å². The van der Waals surface area contributed by atoms with Gasteiger partial charge in [-0.2, -0.15) is 0 Å². The maximum absolute atomic E-state index is 11.8. The third-order valence-corrected chi connectivity index (χ3v) is 2.51. The number of rotatable bonds is 3. The average Bonchev–Trinajstić information content (AvgIpc) is 2.41. The molecule has 8 heteroatoms. The van der Waals surface area contributed by atoms with Gasteiger partial charge in [0.15, 0.2) is 5.82 Å². The predicted molar refractivity (Wildman–Crippen MR) is 68.9 cm³/mol. The predicted octanol–water partition coefficient (Wildman–Crippen LogP) is 1.58. The molecule has 2 rings (SSSR count). The SMILES string of the molecule is O=C(O)c1ccc(C(=O)Nc2cnc(Br)cn2)nc1. The second-order valence-corrected chi connectivity index (χ2v) is 4.23. The second kappa shape index (κ2) is 5.53. The summed E-state index contributed by atoms with van der Waals surface area (Å²) in [7, 11) is 0. The van der Waals surface area contributed by atoms with Gasteiger partial charge in [-0.05, 0) is 28.1 Å². The van der Waals surface area contributed by atoms with Gasteiger partial charge in [0.25, 0.3) is 5.91 Å². The van der Waals surface area contributed by atoms with E-state index in [2.05, 4.69) is 36.2 Å². The zero-order chi connectivity index (χ0) is 13.8. The van der Waals surface area contributed by atoms with Crippen molar-refractivity contribution in [1.82, 2.24) is 15.0 Å². The average molecular weight is 323 g/mol. The van der Waals surface area contributed by atoms with Crippen LogP contribution < -0.4 is 5.32 Å². The first-order valence-corrected chi connectivity index (χ1v) is 5.84. The highest BCUT2D eigenvalue weighted by molar-refractivity contribution is 9.10. The van der Waals surface area contributed by atoms with Crippen LogP contribution in [0.4, 0.5) is 5.82 Å². The first kappa shape index (κ1) is 13.1. The lowest BCUT2D eigenvalue weighted by molar-refractivity contribution is 0.0696. The van der Waals surface area contributed by atoms with Crippen LogP contribution in [0, 0.1) is 0 Å². The Morgan fingerprint density at radius 3 is 2.42 bits per heavy atom. The van der Waals surface area contributed by atoms with Crippen LogP contribution >= 0.6 is 15.9 Å². The summed E-state index contributed by atoms with van der Waals surface area (Å²) in [6.07, 6.45) is 3.94. The van der Waals surface area contributed by atoms with Crippen molar-refractivity contribution < 1.29 is 14.7 Å². The van der Waals surface area contributed by atoms with Gasteiger partial charge in [0, 0.05) is 6.20 Å². The fourth-order valence-electron chi connectivity index (χ4n) is 1.21. The van der Waals surface area contributed by atoms with Crippen molar-refractivity contribution in [1.29, 1.82) is 0 Å². The van der Waals surface area contributed by atoms with Crippen LogP contribution in [-0.2, 0) is 0 Å². The molecule has 0 unspecified atom stereocenters. The highest BCUT2D eigenvalue weighted by Crippen LogP contribution is 2.08. The summed E-state index contributed by atoms with van der Waals surface area (Å²) in [5.41, 5.74) is 0.106. The van der Waals surface area contributed by atoms with Gasteiger partial charge >= 0.3 is 5.97 Å². The molecule has 0 spiro atoms. The van der Waals surface area contributed by atoms with E-state index in [1.807, 2.05) is 0 Å². The van der Waals surface area contributed by atoms with E-state index < -0.39 is 11.9 Å². The Bertz CT molecular complexity index is 613. The monoisotopic (exact) mass is 322 g/mol. The number of aromatic nitrogens is 3. The number of carbonyl (C=O) groups excluding carboxylic acids is 1. The Hall–Kier alpha value is -2.35. The van der Waals surface area contributed by atoms with E-state index in [1.165, 1.54) is 24.5 Å². The van der Waals surface area contributed by atoms with Crippen LogP contribution in [-0.4, -0.2) is 31.9 Å². The summed E-state index contributed by atoms with van der Waals surface area (Å²) in [6, 6.07) is 2.63. The number of hydrogen-bond donors (Lipinski definition) is 2. The molecule has 2 heterocycles. The number of carboxylic acids is 1. The topological polar surface area (TPSA) is 105 Å². The van der Waals surface area contributed by atoms with Crippen molar-refractivity contribution in [3.05, 3.63) is 46.6 Å². The number of anilines is 1. The molecule has 0 radical (unpaired) electrons. The highest BCUT2D eigenvalue weighted by Gasteiger charge is 2.10. The van der Waals surface area contributed by atoms with E-state index in [1.54, 1.807) is 0 Å². The third-order valence-electron chi connectivity index (χ3n) is 2.11. The molecule has 2 aromatic rings. The normalized spacial score (nSPS) is 9.95. The van der Waals surface area contributed by atoms with E-state index in [-0.39, 0.29) is 17.1 Å². The molecule has 96 valence electrons. The van der Waals surface area contributed by atoms with Crippen LogP contribution in [0.1, 0.15) is 20.8 Å². The molecule has 1 amide bonds. The minimum Gasteiger partial charge on any atom is -0.478 e. The Kier molecular flexibility index (Phi) is 3.81. The molecule has 0 aliphatic carbocycles. The highest BCUT2D eigenvalue weighted by atomic mass is 79.9. The summed E-state index contributed by atoms with van der Waals surface area (Å²) in [6.45, 7) is 0. The van der Waals surface area contributed by atoms with Crippen molar-refractivity contribution in [2.75, 3.05) is 5.32 Å². The van der Waals surface area contributed by atoms with Gasteiger partial charge in [0.2, 0.25) is 0 Å². The van der Waals surface area contributed by atoms with E-state index in [4.69, 9.17) is 5.11 Å². The van der Waals surface area contributed by atoms with Gasteiger partial charge in [0.1, 0.15) is 10.3 Å². The van der Waals surface area contributed by atoms with E-state index in [9.17, 15) is 9.59 Å². The van der Waals surface area contributed by atoms with Crippen LogP contribution in [0.3, 0.4) is 0 Å². The summed E-state index contributed by atoms with van der Waals surface area (Å²) in [5, 5.41) is 11.2. The summed E-state index contributed by atoms with van der Waals surface area (Å²) >= 11 is 3.12. The Labute approximate surface area is 115 Å². The van der Waals surface area contributed by atoms with Crippen LogP contribution in [0.25, 0.3) is 0 Å². The van der Waals surface area contributed by atoms with E-state index >= 15 is 0 Å². The molecule has 0 aromatic carbocycles. The molecule has 0 saturated carbocycles. The summed E-state index contributed by atoms with van der Waals surface area (Å²) < 4.78 is 0.550. The molecular weight excluding hydrogens is 316 g/mol. The first-order valence-electron chi connectivity index (χ1n) is 5.04. The fraction of sp³-hybridized carbons (Fsp3) is 0. The third kappa shape index (κ3) is 3.32. The van der Waals surface area contributed by atoms with Crippen LogP contribution in [0.5, 0.6) is 0 Å². The molecule has 0 atom stereocenters. The number of pyridine rings is 1. The maximum Gasteiger partial charge on any atom is 0.337 e. The van der Waals surface area contributed by atoms with Gasteiger partial charge in [-0.3, -0.25) is 9.78 Å². The summed E-state index contributed by atoms with van der Waals surface area (Å²) in [4.78, 5) is 34.0. The zero-order valence-corrected chi connectivity index (χ0v) is 11.0. The number of carboxylic acid groups (broad SMARTS) is 1. The molecule has 0 saturated heterocycles. The van der Waals surface area contributed by atoms with Gasteiger partial charge < -0.3 is 10.4 Å². The van der Waals surface area contributed by atoms with Crippen LogP contribution in [0.2, 0.25) is 0 Å². The molecule has 19 heavy (non-hydrogen) atoms. The van der Waals surface area contributed by atoms with Crippen molar-refractivity contribution in [2.24, 2.45) is 0 Å². The van der Waals surface area contributed by atoms with Crippen molar-refractivity contribution in [3.8, 4) is 0 Å². The Morgan fingerprint density at radius 1 is 1.11 bits per heavy atom. The molecule has 0 aliphatic heterocycles. The smallest absolute Gasteiger partial charge is 0.337 e. The Balaban J connectivity index is 2.11. The van der Waals surface area contributed by atoms with E-state index in [0.29, 0.717) is 4.60 Å². The molecule has 7 nitrogen and oxygen atoms in total. The lowest BCUT2D eigenvalue weighted by Gasteiger charge is -2.03. The number of nitrogens with zero attached hydrogens (tertiary/aromatic N) is 3. The lowest BCUT2D eigenvalue weighted by Crippen LogP contribution is -2.15. The van der Waals surface area contributed by atoms with Crippen LogP contribution in [0.15, 0.2) is 35.3 Å². The van der Waals surface area contributed by atoms with Gasteiger partial charge in [-0.15, -0.1) is 0 Å². The maximum atomic E-state index is 11.8. The number of amides is 1. The molecular formula is C11H7BrN4O3. The quantitative estimate of drug-likeness (QED) is 0.888. The van der Waals surface area contributed by atoms with Gasteiger partial charge in [-0.25, -0.2) is 14.8 Å².